The van der Waals surface area contributed by atoms with Crippen LogP contribution in [0.25, 0.3) is 0 Å². The second kappa shape index (κ2) is 11.7. The third-order valence-electron chi connectivity index (χ3n) is 4.51. The van der Waals surface area contributed by atoms with Crippen LogP contribution in [0, 0.1) is 5.92 Å². The first-order chi connectivity index (χ1) is 9.36. The minimum atomic E-state index is 0.871. The van der Waals surface area contributed by atoms with Crippen molar-refractivity contribution >= 4 is 0 Å². The Balaban J connectivity index is 1.91. The highest BCUT2D eigenvalue weighted by Gasteiger charge is 2.18. The Labute approximate surface area is 121 Å². The van der Waals surface area contributed by atoms with Crippen LogP contribution >= 0.6 is 0 Å². The highest BCUT2D eigenvalue weighted by molar-refractivity contribution is 4.73. The zero-order chi connectivity index (χ0) is 13.8. The lowest BCUT2D eigenvalue weighted by Crippen LogP contribution is -2.36. The van der Waals surface area contributed by atoms with Gasteiger partial charge in [-0.3, -0.25) is 0 Å². The van der Waals surface area contributed by atoms with E-state index in [2.05, 4.69) is 11.8 Å². The van der Waals surface area contributed by atoms with Crippen molar-refractivity contribution < 1.29 is 0 Å². The molecule has 0 amide bonds. The lowest BCUT2D eigenvalue weighted by atomic mass is 9.94. The molecule has 2 nitrogen and oxygen atoms in total. The van der Waals surface area contributed by atoms with Gasteiger partial charge in [-0.25, -0.2) is 0 Å². The van der Waals surface area contributed by atoms with Crippen LogP contribution in [0.3, 0.4) is 0 Å². The summed E-state index contributed by atoms with van der Waals surface area (Å²) in [6.45, 7) is 7.13. The topological polar surface area (TPSA) is 29.3 Å². The van der Waals surface area contributed by atoms with E-state index in [1.54, 1.807) is 0 Å². The van der Waals surface area contributed by atoms with Crippen LogP contribution in [-0.4, -0.2) is 31.1 Å². The number of likely N-dealkylation sites (tertiary alicyclic amines) is 1. The maximum absolute atomic E-state index is 5.68. The third-order valence-corrected chi connectivity index (χ3v) is 4.51. The quantitative estimate of drug-likeness (QED) is 0.569. The number of nitrogens with two attached hydrogens (primary N) is 1. The summed E-state index contributed by atoms with van der Waals surface area (Å²) in [5.41, 5.74) is 5.68. The molecule has 0 aromatic rings. The molecule has 2 heteroatoms. The highest BCUT2D eigenvalue weighted by Crippen LogP contribution is 2.19. The SMILES string of the molecule is CCCCCCCCCCN1CCCC(CCN)C1. The standard InChI is InChI=1S/C17H36N2/c1-2-3-4-5-6-7-8-9-14-19-15-10-11-17(16-19)12-13-18/h17H,2-16,18H2,1H3. The third kappa shape index (κ3) is 8.65. The van der Waals surface area contributed by atoms with E-state index in [1.807, 2.05) is 0 Å². The molecule has 2 N–H and O–H groups in total. The van der Waals surface area contributed by atoms with Crippen molar-refractivity contribution in [2.24, 2.45) is 11.7 Å². The summed E-state index contributed by atoms with van der Waals surface area (Å²) in [4.78, 5) is 2.68. The van der Waals surface area contributed by atoms with Gasteiger partial charge in [0.25, 0.3) is 0 Å². The molecule has 0 saturated carbocycles. The second-order valence-electron chi connectivity index (χ2n) is 6.36. The van der Waals surface area contributed by atoms with Gasteiger partial charge in [0.1, 0.15) is 0 Å². The molecule has 1 aliphatic rings. The minimum Gasteiger partial charge on any atom is -0.330 e. The van der Waals surface area contributed by atoms with Gasteiger partial charge in [-0.2, -0.15) is 0 Å². The van der Waals surface area contributed by atoms with E-state index in [4.69, 9.17) is 5.73 Å². The molecule has 1 rings (SSSR count). The molecule has 1 saturated heterocycles. The number of piperidine rings is 1. The fourth-order valence-corrected chi connectivity index (χ4v) is 3.30. The predicted molar refractivity (Wildman–Crippen MR) is 85.4 cm³/mol. The molecule has 0 aromatic carbocycles. The van der Waals surface area contributed by atoms with Gasteiger partial charge < -0.3 is 10.6 Å². The van der Waals surface area contributed by atoms with E-state index in [9.17, 15) is 0 Å². The summed E-state index contributed by atoms with van der Waals surface area (Å²) in [5, 5.41) is 0. The Kier molecular flexibility index (Phi) is 10.5. The largest absolute Gasteiger partial charge is 0.330 e. The number of unbranched alkanes of at least 4 members (excludes halogenated alkanes) is 7. The molecule has 0 radical (unpaired) electrons. The molecule has 1 fully saturated rings. The van der Waals surface area contributed by atoms with Crippen LogP contribution < -0.4 is 5.73 Å². The average molecular weight is 268 g/mol. The van der Waals surface area contributed by atoms with Gasteiger partial charge in [-0.15, -0.1) is 0 Å². The first-order valence-corrected chi connectivity index (χ1v) is 8.79. The zero-order valence-electron chi connectivity index (χ0n) is 13.2. The predicted octanol–water partition coefficient (Wildman–Crippen LogP) is 4.19. The Morgan fingerprint density at radius 3 is 2.37 bits per heavy atom. The normalized spacial score (nSPS) is 20.8. The first kappa shape index (κ1) is 17.0. The Bertz CT molecular complexity index is 192. The Morgan fingerprint density at radius 2 is 1.68 bits per heavy atom. The molecule has 19 heavy (non-hydrogen) atoms. The van der Waals surface area contributed by atoms with Crippen LogP contribution in [0.15, 0.2) is 0 Å². The van der Waals surface area contributed by atoms with E-state index >= 15 is 0 Å². The fraction of sp³-hybridized carbons (Fsp3) is 1.00. The van der Waals surface area contributed by atoms with Gasteiger partial charge in [0.2, 0.25) is 0 Å². The van der Waals surface area contributed by atoms with Gasteiger partial charge in [-0.05, 0) is 51.2 Å². The van der Waals surface area contributed by atoms with Gasteiger partial charge >= 0.3 is 0 Å². The van der Waals surface area contributed by atoms with Crippen LogP contribution in [0.5, 0.6) is 0 Å². The molecule has 1 atom stereocenters. The van der Waals surface area contributed by atoms with E-state index < -0.39 is 0 Å². The summed E-state index contributed by atoms with van der Waals surface area (Å²) in [7, 11) is 0. The summed E-state index contributed by atoms with van der Waals surface area (Å²) in [6.07, 6.45) is 15.5. The maximum Gasteiger partial charge on any atom is 0.00101 e. The van der Waals surface area contributed by atoms with Crippen molar-refractivity contribution in [3.05, 3.63) is 0 Å². The molecule has 114 valence electrons. The van der Waals surface area contributed by atoms with Crippen molar-refractivity contribution in [2.75, 3.05) is 26.2 Å². The molecule has 1 aliphatic heterocycles. The lowest BCUT2D eigenvalue weighted by Gasteiger charge is -2.32. The summed E-state index contributed by atoms with van der Waals surface area (Å²) in [5.74, 6) is 0.882. The van der Waals surface area contributed by atoms with E-state index in [-0.39, 0.29) is 0 Å². The fourth-order valence-electron chi connectivity index (χ4n) is 3.30. The number of hydrogen-bond donors (Lipinski definition) is 1. The lowest BCUT2D eigenvalue weighted by molar-refractivity contribution is 0.167. The molecule has 0 aliphatic carbocycles. The monoisotopic (exact) mass is 268 g/mol. The number of nitrogens with zero attached hydrogens (tertiary/aromatic N) is 1. The summed E-state index contributed by atoms with van der Waals surface area (Å²) in [6, 6.07) is 0. The van der Waals surface area contributed by atoms with Crippen LogP contribution in [0.2, 0.25) is 0 Å². The molecule has 1 unspecified atom stereocenters. The van der Waals surface area contributed by atoms with E-state index in [1.165, 1.54) is 90.3 Å². The van der Waals surface area contributed by atoms with Crippen LogP contribution in [-0.2, 0) is 0 Å². The van der Waals surface area contributed by atoms with Gasteiger partial charge in [0, 0.05) is 6.54 Å². The molecular formula is C17H36N2. The molecule has 0 bridgehead atoms. The number of rotatable bonds is 11. The summed E-state index contributed by atoms with van der Waals surface area (Å²) >= 11 is 0. The van der Waals surface area contributed by atoms with Gasteiger partial charge in [0.15, 0.2) is 0 Å². The minimum absolute atomic E-state index is 0.871. The van der Waals surface area contributed by atoms with Crippen molar-refractivity contribution in [1.29, 1.82) is 0 Å². The second-order valence-corrected chi connectivity index (χ2v) is 6.36. The van der Waals surface area contributed by atoms with Crippen molar-refractivity contribution in [3.63, 3.8) is 0 Å². The molecule has 1 heterocycles. The van der Waals surface area contributed by atoms with Crippen LogP contribution in [0.1, 0.15) is 77.6 Å². The highest BCUT2D eigenvalue weighted by atomic mass is 15.1. The van der Waals surface area contributed by atoms with Crippen molar-refractivity contribution in [1.82, 2.24) is 4.90 Å². The Morgan fingerprint density at radius 1 is 1.00 bits per heavy atom. The van der Waals surface area contributed by atoms with Crippen molar-refractivity contribution in [3.8, 4) is 0 Å². The maximum atomic E-state index is 5.68. The van der Waals surface area contributed by atoms with E-state index in [0.717, 1.165) is 12.5 Å². The van der Waals surface area contributed by atoms with E-state index in [0.29, 0.717) is 0 Å². The van der Waals surface area contributed by atoms with Gasteiger partial charge in [0.05, 0.1) is 0 Å². The molecule has 0 spiro atoms. The smallest absolute Gasteiger partial charge is 0.00101 e. The average Bonchev–Trinajstić information content (AvgIpc) is 2.43. The molecule has 0 aromatic heterocycles. The van der Waals surface area contributed by atoms with Gasteiger partial charge in [-0.1, -0.05) is 51.9 Å². The Hall–Kier alpha value is -0.0800. The van der Waals surface area contributed by atoms with Crippen molar-refractivity contribution in [2.45, 2.75) is 77.6 Å². The summed E-state index contributed by atoms with van der Waals surface area (Å²) < 4.78 is 0. The van der Waals surface area contributed by atoms with Crippen LogP contribution in [0.4, 0.5) is 0 Å². The molecular weight excluding hydrogens is 232 g/mol. The number of hydrogen-bond acceptors (Lipinski definition) is 2. The first-order valence-electron chi connectivity index (χ1n) is 8.79. The zero-order valence-corrected chi connectivity index (χ0v) is 13.2.